The van der Waals surface area contributed by atoms with Gasteiger partial charge in [-0.25, -0.2) is 4.98 Å². The fraction of sp³-hybridized carbons (Fsp3) is 0.750. The number of aromatic nitrogens is 1. The summed E-state index contributed by atoms with van der Waals surface area (Å²) in [5.41, 5.74) is 0. The smallest absolute Gasteiger partial charge is 0.387 e. The molecule has 1 aliphatic rings. The number of nitrogens with zero attached hydrogens (tertiary/aromatic N) is 1. The number of alkyl halides is 3. The molecule has 7 heteroatoms. The summed E-state index contributed by atoms with van der Waals surface area (Å²) < 4.78 is 37.2. The number of hydrogen-bond donors (Lipinski definition) is 1. The lowest BCUT2D eigenvalue weighted by Crippen LogP contribution is -2.11. The Bertz CT molecular complexity index is 402. The number of aliphatic hydroxyl groups excluding tert-OH is 1. The Morgan fingerprint density at radius 2 is 2.05 bits per heavy atom. The van der Waals surface area contributed by atoms with Gasteiger partial charge in [-0.05, 0) is 12.8 Å². The molecule has 1 saturated carbocycles. The van der Waals surface area contributed by atoms with Crippen LogP contribution in [-0.2, 0) is 6.18 Å². The van der Waals surface area contributed by atoms with Crippen molar-refractivity contribution in [1.29, 1.82) is 0 Å². The Hall–Kier alpha value is -0.270. The summed E-state index contributed by atoms with van der Waals surface area (Å²) in [6.07, 6.45) is 1.86. The lowest BCUT2D eigenvalue weighted by atomic mass is 10.0. The van der Waals surface area contributed by atoms with E-state index < -0.39 is 17.3 Å². The molecule has 1 N–H and O–H groups in total. The van der Waals surface area contributed by atoms with Gasteiger partial charge < -0.3 is 5.11 Å². The highest BCUT2D eigenvalue weighted by Gasteiger charge is 2.35. The maximum atomic E-state index is 12.4. The number of thioether (sulfide) groups is 1. The highest BCUT2D eigenvalue weighted by molar-refractivity contribution is 7.99. The fourth-order valence-corrected chi connectivity index (χ4v) is 4.29. The highest BCUT2D eigenvalue weighted by Crippen LogP contribution is 2.36. The molecule has 0 bridgehead atoms. The van der Waals surface area contributed by atoms with Crippen LogP contribution < -0.4 is 0 Å². The third-order valence-electron chi connectivity index (χ3n) is 3.14. The normalized spacial score (nSPS) is 19.6. The molecule has 2 nitrogen and oxygen atoms in total. The van der Waals surface area contributed by atoms with Gasteiger partial charge in [0.25, 0.3) is 0 Å². The molecule has 1 unspecified atom stereocenters. The summed E-state index contributed by atoms with van der Waals surface area (Å²) >= 11 is 2.20. The second-order valence-corrected chi connectivity index (χ2v) is 7.07. The van der Waals surface area contributed by atoms with E-state index >= 15 is 0 Å². The van der Waals surface area contributed by atoms with Crippen molar-refractivity contribution in [2.75, 3.05) is 5.75 Å². The molecule has 108 valence electrons. The molecule has 0 aromatic carbocycles. The second-order valence-electron chi connectivity index (χ2n) is 4.67. The molecular formula is C12H16F3NOS2. The summed E-state index contributed by atoms with van der Waals surface area (Å²) in [4.78, 5) is 3.63. The minimum Gasteiger partial charge on any atom is -0.387 e. The van der Waals surface area contributed by atoms with Crippen LogP contribution in [0.1, 0.15) is 48.1 Å². The molecule has 1 aliphatic carbocycles. The van der Waals surface area contributed by atoms with Gasteiger partial charge >= 0.3 is 6.18 Å². The third-order valence-corrected chi connectivity index (χ3v) is 5.73. The van der Waals surface area contributed by atoms with E-state index in [4.69, 9.17) is 0 Å². The minimum absolute atomic E-state index is 0.302. The van der Waals surface area contributed by atoms with Gasteiger partial charge in [-0.1, -0.05) is 19.3 Å². The second kappa shape index (κ2) is 6.45. The van der Waals surface area contributed by atoms with Crippen molar-refractivity contribution in [3.8, 4) is 0 Å². The quantitative estimate of drug-likeness (QED) is 0.902. The molecule has 2 rings (SSSR count). The maximum absolute atomic E-state index is 12.4. The number of thiazole rings is 1. The number of aliphatic hydroxyl groups is 1. The van der Waals surface area contributed by atoms with Gasteiger partial charge in [0.2, 0.25) is 0 Å². The van der Waals surface area contributed by atoms with Crippen LogP contribution in [0, 0.1) is 0 Å². The first-order valence-corrected chi connectivity index (χ1v) is 8.16. The topological polar surface area (TPSA) is 33.1 Å². The molecule has 1 aromatic rings. The summed E-state index contributed by atoms with van der Waals surface area (Å²) in [5.74, 6) is 0.449. The van der Waals surface area contributed by atoms with Crippen LogP contribution in [0.25, 0.3) is 0 Å². The van der Waals surface area contributed by atoms with Gasteiger partial charge in [0.05, 0.1) is 11.0 Å². The molecule has 0 spiro atoms. The molecular weight excluding hydrogens is 295 g/mol. The molecule has 1 atom stereocenters. The average Bonchev–Trinajstić information content (AvgIpc) is 2.87. The summed E-state index contributed by atoms with van der Waals surface area (Å²) in [6, 6.07) is 0. The SMILES string of the molecule is OC(CSC1CCCCC1)c1cnc(C(F)(F)F)s1. The maximum Gasteiger partial charge on any atom is 0.443 e. The summed E-state index contributed by atoms with van der Waals surface area (Å²) in [5, 5.41) is 9.57. The number of hydrogen-bond acceptors (Lipinski definition) is 4. The van der Waals surface area contributed by atoms with Gasteiger partial charge in [0.1, 0.15) is 0 Å². The monoisotopic (exact) mass is 311 g/mol. The minimum atomic E-state index is -4.42. The van der Waals surface area contributed by atoms with E-state index in [2.05, 4.69) is 4.98 Å². The van der Waals surface area contributed by atoms with Crippen LogP contribution in [0.2, 0.25) is 0 Å². The van der Waals surface area contributed by atoms with Gasteiger partial charge in [0, 0.05) is 17.2 Å². The Morgan fingerprint density at radius 3 is 2.63 bits per heavy atom. The van der Waals surface area contributed by atoms with Crippen LogP contribution in [0.4, 0.5) is 13.2 Å². The van der Waals surface area contributed by atoms with E-state index in [9.17, 15) is 18.3 Å². The predicted molar refractivity (Wildman–Crippen MR) is 71.4 cm³/mol. The fourth-order valence-electron chi connectivity index (χ4n) is 2.11. The van der Waals surface area contributed by atoms with Crippen molar-refractivity contribution in [2.45, 2.75) is 49.6 Å². The lowest BCUT2D eigenvalue weighted by molar-refractivity contribution is -0.137. The zero-order valence-corrected chi connectivity index (χ0v) is 12.0. The standard InChI is InChI=1S/C12H16F3NOS2/c13-12(14,15)11-16-6-10(19-11)9(17)7-18-8-4-2-1-3-5-8/h6,8-9,17H,1-5,7H2. The first-order chi connectivity index (χ1) is 8.97. The molecule has 0 radical (unpaired) electrons. The highest BCUT2D eigenvalue weighted by atomic mass is 32.2. The van der Waals surface area contributed by atoms with Gasteiger partial charge in [-0.2, -0.15) is 24.9 Å². The van der Waals surface area contributed by atoms with E-state index in [0.717, 1.165) is 19.0 Å². The van der Waals surface area contributed by atoms with Crippen molar-refractivity contribution in [3.05, 3.63) is 16.1 Å². The van der Waals surface area contributed by atoms with E-state index in [1.807, 2.05) is 0 Å². The molecule has 1 fully saturated rings. The molecule has 19 heavy (non-hydrogen) atoms. The van der Waals surface area contributed by atoms with E-state index in [0.29, 0.717) is 27.2 Å². The Labute approximate surface area is 118 Å². The molecule has 0 saturated heterocycles. The van der Waals surface area contributed by atoms with Crippen LogP contribution in [0.15, 0.2) is 6.20 Å². The van der Waals surface area contributed by atoms with Gasteiger partial charge in [0.15, 0.2) is 5.01 Å². The van der Waals surface area contributed by atoms with Crippen LogP contribution in [0.3, 0.4) is 0 Å². The van der Waals surface area contributed by atoms with Gasteiger partial charge in [-0.15, -0.1) is 11.3 Å². The first kappa shape index (κ1) is 15.1. The summed E-state index contributed by atoms with van der Waals surface area (Å²) in [7, 11) is 0. The van der Waals surface area contributed by atoms with Crippen LogP contribution >= 0.6 is 23.1 Å². The zero-order valence-electron chi connectivity index (χ0n) is 10.3. The zero-order chi connectivity index (χ0) is 13.9. The molecule has 1 aromatic heterocycles. The number of halogens is 3. The van der Waals surface area contributed by atoms with Gasteiger partial charge in [-0.3, -0.25) is 0 Å². The molecule has 1 heterocycles. The first-order valence-electron chi connectivity index (χ1n) is 6.29. The van der Waals surface area contributed by atoms with E-state index in [-0.39, 0.29) is 0 Å². The molecule has 0 amide bonds. The van der Waals surface area contributed by atoms with Crippen LogP contribution in [0.5, 0.6) is 0 Å². The van der Waals surface area contributed by atoms with Crippen molar-refractivity contribution in [1.82, 2.24) is 4.98 Å². The lowest BCUT2D eigenvalue weighted by Gasteiger charge is -2.21. The Kier molecular flexibility index (Phi) is 5.14. The van der Waals surface area contributed by atoms with E-state index in [1.54, 1.807) is 11.8 Å². The largest absolute Gasteiger partial charge is 0.443 e. The number of rotatable bonds is 4. The Morgan fingerprint density at radius 1 is 1.37 bits per heavy atom. The summed E-state index contributed by atoms with van der Waals surface area (Å²) in [6.45, 7) is 0. The van der Waals surface area contributed by atoms with Crippen molar-refractivity contribution < 1.29 is 18.3 Å². The van der Waals surface area contributed by atoms with Crippen molar-refractivity contribution in [2.24, 2.45) is 0 Å². The third kappa shape index (κ3) is 4.36. The molecule has 0 aliphatic heterocycles. The van der Waals surface area contributed by atoms with E-state index in [1.165, 1.54) is 19.3 Å². The average molecular weight is 311 g/mol. The predicted octanol–water partition coefficient (Wildman–Crippen LogP) is 4.26. The Balaban J connectivity index is 1.85. The van der Waals surface area contributed by atoms with Crippen molar-refractivity contribution in [3.63, 3.8) is 0 Å². The van der Waals surface area contributed by atoms with Crippen molar-refractivity contribution >= 4 is 23.1 Å². The van der Waals surface area contributed by atoms with Crippen LogP contribution in [-0.4, -0.2) is 21.1 Å².